The second-order valence-corrected chi connectivity index (χ2v) is 18.6. The molecule has 1 saturated carbocycles. The van der Waals surface area contributed by atoms with Crippen LogP contribution in [-0.2, 0) is 20.4 Å². The van der Waals surface area contributed by atoms with E-state index in [9.17, 15) is 9.90 Å². The van der Waals surface area contributed by atoms with E-state index in [-0.39, 0.29) is 29.3 Å². The molecule has 1 saturated heterocycles. The van der Waals surface area contributed by atoms with Crippen LogP contribution in [0, 0.1) is 30.6 Å². The molecule has 7 atom stereocenters. The molecular weight excluding hydrogens is 564 g/mol. The van der Waals surface area contributed by atoms with E-state index in [1.165, 1.54) is 0 Å². The molecule has 2 heterocycles. The van der Waals surface area contributed by atoms with Gasteiger partial charge in [0.1, 0.15) is 11.9 Å². The third-order valence-electron chi connectivity index (χ3n) is 10.5. The van der Waals surface area contributed by atoms with Crippen molar-refractivity contribution in [3.63, 3.8) is 0 Å². The molecule has 2 aromatic carbocycles. The number of furan rings is 1. The lowest BCUT2D eigenvalue weighted by molar-refractivity contribution is -0.129. The zero-order chi connectivity index (χ0) is 31.7. The number of hydrogen-bond acceptors (Lipinski definition) is 5. The van der Waals surface area contributed by atoms with E-state index in [2.05, 4.69) is 82.8 Å². The standard InChI is InChI=1S/C38H50O5Si/c1-8-28-20-19-27(3)33(28)36(40)34-35(39)32(43-38(34,7)23-21-31-26(2)22-24-41-31)25-42-44(37(4,5)6,29-15-11-9-12-16-29)30-17-13-10-14-18-30/h8-18,22,24,27-28,32-34,36,40H,1,19-21,23,25H2,2-7H3/t27-,28+,32+,33+,34-,36+,38-/m0/s1. The summed E-state index contributed by atoms with van der Waals surface area (Å²) in [6, 6.07) is 22.9. The third kappa shape index (κ3) is 5.94. The Morgan fingerprint density at radius 2 is 1.68 bits per heavy atom. The highest BCUT2D eigenvalue weighted by Crippen LogP contribution is 2.48. The summed E-state index contributed by atoms with van der Waals surface area (Å²) in [5, 5.41) is 14.2. The number of aliphatic hydroxyl groups is 1. The summed E-state index contributed by atoms with van der Waals surface area (Å²) in [7, 11) is -2.89. The van der Waals surface area contributed by atoms with Crippen molar-refractivity contribution in [2.24, 2.45) is 23.7 Å². The SMILES string of the molecule is C=C[C@@H]1CC[C@H](C)[C@H]1[C@@H](O)[C@@H]1C(=O)[C@@H](CO[Si](c2ccccc2)(c2ccccc2)C(C)(C)C)O[C@@]1(C)CCc1occc1C. The number of rotatable bonds is 11. The summed E-state index contributed by atoms with van der Waals surface area (Å²) in [4.78, 5) is 14.5. The van der Waals surface area contributed by atoms with E-state index in [0.717, 1.165) is 34.5 Å². The van der Waals surface area contributed by atoms with Gasteiger partial charge in [-0.2, -0.15) is 0 Å². The van der Waals surface area contributed by atoms with Crippen LogP contribution in [0.1, 0.15) is 65.2 Å². The Kier molecular flexibility index (Phi) is 9.57. The van der Waals surface area contributed by atoms with Crippen LogP contribution in [-0.4, -0.2) is 43.6 Å². The van der Waals surface area contributed by atoms with E-state index in [1.807, 2.05) is 38.1 Å². The fourth-order valence-electron chi connectivity index (χ4n) is 8.15. The molecule has 1 N–H and O–H groups in total. The molecule has 3 aromatic rings. The Balaban J connectivity index is 1.50. The second-order valence-electron chi connectivity index (χ2n) is 14.3. The molecule has 0 spiro atoms. The maximum absolute atomic E-state index is 14.5. The number of allylic oxidation sites excluding steroid dienone is 1. The highest BCUT2D eigenvalue weighted by atomic mass is 28.4. The number of ether oxygens (including phenoxy) is 1. The van der Waals surface area contributed by atoms with E-state index in [0.29, 0.717) is 18.8 Å². The average Bonchev–Trinajstić information content (AvgIpc) is 3.67. The highest BCUT2D eigenvalue weighted by molar-refractivity contribution is 6.99. The van der Waals surface area contributed by atoms with Gasteiger partial charge in [0.05, 0.1) is 30.5 Å². The highest BCUT2D eigenvalue weighted by Gasteiger charge is 2.58. The first kappa shape index (κ1) is 32.6. The summed E-state index contributed by atoms with van der Waals surface area (Å²) in [6.07, 6.45) is 5.24. The predicted molar refractivity (Wildman–Crippen MR) is 179 cm³/mol. The van der Waals surface area contributed by atoms with Crippen LogP contribution in [0.2, 0.25) is 5.04 Å². The fraction of sp³-hybridized carbons (Fsp3) is 0.500. The zero-order valence-electron chi connectivity index (χ0n) is 27.3. The Morgan fingerprint density at radius 3 is 2.20 bits per heavy atom. The molecular formula is C38H50O5Si. The molecule has 0 radical (unpaired) electrons. The minimum atomic E-state index is -2.89. The van der Waals surface area contributed by atoms with Gasteiger partial charge in [0.15, 0.2) is 5.78 Å². The molecule has 1 aliphatic carbocycles. The lowest BCUT2D eigenvalue weighted by atomic mass is 9.71. The van der Waals surface area contributed by atoms with Crippen LogP contribution in [0.15, 0.2) is 90.1 Å². The van der Waals surface area contributed by atoms with Crippen LogP contribution < -0.4 is 10.4 Å². The molecule has 1 aromatic heterocycles. The van der Waals surface area contributed by atoms with Crippen molar-refractivity contribution in [2.75, 3.05) is 6.61 Å². The van der Waals surface area contributed by atoms with Gasteiger partial charge >= 0.3 is 0 Å². The van der Waals surface area contributed by atoms with Crippen molar-refractivity contribution < 1.29 is 23.5 Å². The zero-order valence-corrected chi connectivity index (χ0v) is 28.3. The third-order valence-corrected chi connectivity index (χ3v) is 15.5. The van der Waals surface area contributed by atoms with E-state index in [4.69, 9.17) is 13.6 Å². The van der Waals surface area contributed by atoms with Gasteiger partial charge in [-0.1, -0.05) is 94.4 Å². The van der Waals surface area contributed by atoms with Gasteiger partial charge in [-0.25, -0.2) is 0 Å². The quantitative estimate of drug-likeness (QED) is 0.194. The Bertz CT molecular complexity index is 1370. The van der Waals surface area contributed by atoms with Gasteiger partial charge in [-0.15, -0.1) is 6.58 Å². The van der Waals surface area contributed by atoms with Crippen LogP contribution in [0.3, 0.4) is 0 Å². The van der Waals surface area contributed by atoms with Gasteiger partial charge in [0, 0.05) is 6.42 Å². The van der Waals surface area contributed by atoms with Crippen molar-refractivity contribution in [1.82, 2.24) is 0 Å². The summed E-state index contributed by atoms with van der Waals surface area (Å²) >= 11 is 0. The molecule has 2 aliphatic rings. The van der Waals surface area contributed by atoms with E-state index >= 15 is 0 Å². The van der Waals surface area contributed by atoms with Crippen LogP contribution in [0.4, 0.5) is 0 Å². The van der Waals surface area contributed by atoms with Gasteiger partial charge in [0.25, 0.3) is 8.32 Å². The number of carbonyl (C=O) groups excluding carboxylic acids is 1. The van der Waals surface area contributed by atoms with Crippen LogP contribution in [0.25, 0.3) is 0 Å². The van der Waals surface area contributed by atoms with Gasteiger partial charge < -0.3 is 18.7 Å². The smallest absolute Gasteiger partial charge is 0.261 e. The molecule has 5 nitrogen and oxygen atoms in total. The van der Waals surface area contributed by atoms with Crippen LogP contribution in [0.5, 0.6) is 0 Å². The molecule has 1 aliphatic heterocycles. The summed E-state index contributed by atoms with van der Waals surface area (Å²) in [5.74, 6) is 0.600. The van der Waals surface area contributed by atoms with Gasteiger partial charge in [-0.05, 0) is 77.9 Å². The Hall–Kier alpha value is -2.77. The van der Waals surface area contributed by atoms with Crippen molar-refractivity contribution in [3.05, 3.63) is 97.0 Å². The largest absolute Gasteiger partial charge is 0.469 e. The first-order valence-electron chi connectivity index (χ1n) is 16.2. The normalized spacial score (nSPS) is 28.3. The molecule has 44 heavy (non-hydrogen) atoms. The second kappa shape index (κ2) is 12.9. The van der Waals surface area contributed by atoms with Gasteiger partial charge in [-0.3, -0.25) is 4.79 Å². The number of hydrogen-bond donors (Lipinski definition) is 1. The maximum atomic E-state index is 14.5. The van der Waals surface area contributed by atoms with Crippen molar-refractivity contribution >= 4 is 24.5 Å². The lowest BCUT2D eigenvalue weighted by Crippen LogP contribution is -2.67. The fourth-order valence-corrected chi connectivity index (χ4v) is 12.7. The minimum absolute atomic E-state index is 0.0360. The van der Waals surface area contributed by atoms with Crippen molar-refractivity contribution in [2.45, 2.75) is 90.1 Å². The van der Waals surface area contributed by atoms with E-state index in [1.54, 1.807) is 6.26 Å². The lowest BCUT2D eigenvalue weighted by Gasteiger charge is -2.43. The summed E-state index contributed by atoms with van der Waals surface area (Å²) in [6.45, 7) is 17.1. The summed E-state index contributed by atoms with van der Waals surface area (Å²) < 4.78 is 19.7. The Labute approximate surface area is 264 Å². The number of benzene rings is 2. The average molecular weight is 615 g/mol. The maximum Gasteiger partial charge on any atom is 0.261 e. The number of aryl methyl sites for hydroxylation is 2. The predicted octanol–water partition coefficient (Wildman–Crippen LogP) is 6.65. The summed E-state index contributed by atoms with van der Waals surface area (Å²) in [5.41, 5.74) is 0.209. The number of carbonyl (C=O) groups is 1. The van der Waals surface area contributed by atoms with Crippen LogP contribution >= 0.6 is 0 Å². The number of aliphatic hydroxyl groups excluding tert-OH is 1. The van der Waals surface area contributed by atoms with Crippen molar-refractivity contribution in [3.8, 4) is 0 Å². The monoisotopic (exact) mass is 614 g/mol. The first-order chi connectivity index (χ1) is 20.9. The molecule has 6 heteroatoms. The molecule has 0 unspecified atom stereocenters. The topological polar surface area (TPSA) is 68.9 Å². The van der Waals surface area contributed by atoms with E-state index < -0.39 is 32.0 Å². The molecule has 0 bridgehead atoms. The van der Waals surface area contributed by atoms with Gasteiger partial charge in [0.2, 0.25) is 0 Å². The first-order valence-corrected chi connectivity index (χ1v) is 18.1. The minimum Gasteiger partial charge on any atom is -0.469 e. The number of Topliss-reactive ketones (excluding diaryl/α,β-unsaturated/α-hetero) is 1. The number of ketones is 1. The molecule has 0 amide bonds. The van der Waals surface area contributed by atoms with Crippen molar-refractivity contribution in [1.29, 1.82) is 0 Å². The Morgan fingerprint density at radius 1 is 1.07 bits per heavy atom. The molecule has 236 valence electrons. The molecule has 5 rings (SSSR count). The molecule has 2 fully saturated rings.